The Morgan fingerprint density at radius 2 is 1.91 bits per heavy atom. The SMILES string of the molecule is COc1ccc2n[c]c(-c3ccc4c(Cl)ccnc4c3)cc2c1. The molecule has 0 bridgehead atoms. The van der Waals surface area contributed by atoms with Crippen molar-refractivity contribution in [3.63, 3.8) is 0 Å². The van der Waals surface area contributed by atoms with E-state index in [-0.39, 0.29) is 0 Å². The molecule has 2 aromatic carbocycles. The molecule has 0 amide bonds. The quantitative estimate of drug-likeness (QED) is 0.526. The van der Waals surface area contributed by atoms with Gasteiger partial charge in [0.1, 0.15) is 5.75 Å². The summed E-state index contributed by atoms with van der Waals surface area (Å²) in [6, 6.07) is 15.6. The minimum absolute atomic E-state index is 0.701. The van der Waals surface area contributed by atoms with Crippen molar-refractivity contribution in [2.45, 2.75) is 0 Å². The highest BCUT2D eigenvalue weighted by atomic mass is 35.5. The third-order valence-electron chi connectivity index (χ3n) is 3.83. The van der Waals surface area contributed by atoms with E-state index in [4.69, 9.17) is 16.3 Å². The molecule has 111 valence electrons. The Kier molecular flexibility index (Phi) is 3.36. The van der Waals surface area contributed by atoms with Crippen molar-refractivity contribution >= 4 is 33.4 Å². The van der Waals surface area contributed by atoms with Gasteiger partial charge in [0, 0.05) is 22.5 Å². The summed E-state index contributed by atoms with van der Waals surface area (Å²) in [5.41, 5.74) is 3.66. The lowest BCUT2D eigenvalue weighted by atomic mass is 10.0. The molecule has 0 saturated carbocycles. The highest BCUT2D eigenvalue weighted by Gasteiger charge is 2.06. The lowest BCUT2D eigenvalue weighted by Gasteiger charge is -2.06. The molecule has 2 aromatic heterocycles. The van der Waals surface area contributed by atoms with Gasteiger partial charge >= 0.3 is 0 Å². The predicted molar refractivity (Wildman–Crippen MR) is 92.9 cm³/mol. The van der Waals surface area contributed by atoms with Crippen LogP contribution in [0.1, 0.15) is 0 Å². The molecule has 0 fully saturated rings. The van der Waals surface area contributed by atoms with Crippen LogP contribution in [-0.2, 0) is 0 Å². The summed E-state index contributed by atoms with van der Waals surface area (Å²) < 4.78 is 5.28. The highest BCUT2D eigenvalue weighted by molar-refractivity contribution is 6.35. The fraction of sp³-hybridized carbons (Fsp3) is 0.0526. The third kappa shape index (κ3) is 2.49. The number of fused-ring (bicyclic) bond motifs is 2. The summed E-state index contributed by atoms with van der Waals surface area (Å²) in [4.78, 5) is 8.78. The van der Waals surface area contributed by atoms with Gasteiger partial charge in [0.25, 0.3) is 0 Å². The zero-order chi connectivity index (χ0) is 15.8. The van der Waals surface area contributed by atoms with E-state index in [1.807, 2.05) is 36.4 Å². The number of rotatable bonds is 2. The van der Waals surface area contributed by atoms with Gasteiger partial charge in [0.05, 0.1) is 29.4 Å². The number of aromatic nitrogens is 2. The second-order valence-electron chi connectivity index (χ2n) is 5.23. The lowest BCUT2D eigenvalue weighted by Crippen LogP contribution is -1.87. The van der Waals surface area contributed by atoms with E-state index in [1.54, 1.807) is 19.4 Å². The Morgan fingerprint density at radius 3 is 2.78 bits per heavy atom. The summed E-state index contributed by atoms with van der Waals surface area (Å²) >= 11 is 6.19. The molecule has 1 radical (unpaired) electrons. The van der Waals surface area contributed by atoms with Crippen LogP contribution in [0, 0.1) is 6.20 Å². The van der Waals surface area contributed by atoms with Gasteiger partial charge in [-0.3, -0.25) is 4.98 Å². The van der Waals surface area contributed by atoms with Gasteiger partial charge in [-0.2, -0.15) is 0 Å². The highest BCUT2D eigenvalue weighted by Crippen LogP contribution is 2.29. The first-order valence-corrected chi connectivity index (χ1v) is 7.53. The van der Waals surface area contributed by atoms with Gasteiger partial charge in [-0.05, 0) is 42.0 Å². The molecule has 3 nitrogen and oxygen atoms in total. The Labute approximate surface area is 138 Å². The molecule has 0 atom stereocenters. The Bertz CT molecular complexity index is 1030. The molecular formula is C19H12ClN2O. The minimum Gasteiger partial charge on any atom is -0.497 e. The summed E-state index contributed by atoms with van der Waals surface area (Å²) in [6.07, 6.45) is 4.80. The predicted octanol–water partition coefficient (Wildman–Crippen LogP) is 4.91. The zero-order valence-corrected chi connectivity index (χ0v) is 13.1. The van der Waals surface area contributed by atoms with Crippen molar-refractivity contribution in [3.05, 3.63) is 65.9 Å². The van der Waals surface area contributed by atoms with Gasteiger partial charge in [-0.15, -0.1) is 0 Å². The van der Waals surface area contributed by atoms with Crippen LogP contribution in [0.5, 0.6) is 5.75 Å². The number of halogens is 1. The second kappa shape index (κ2) is 5.52. The van der Waals surface area contributed by atoms with Gasteiger partial charge in [0.2, 0.25) is 0 Å². The maximum absolute atomic E-state index is 6.19. The van der Waals surface area contributed by atoms with Crippen molar-refractivity contribution in [2.75, 3.05) is 7.11 Å². The Balaban J connectivity index is 1.87. The molecule has 0 saturated heterocycles. The van der Waals surface area contributed by atoms with E-state index in [0.717, 1.165) is 38.7 Å². The monoisotopic (exact) mass is 319 g/mol. The normalized spacial score (nSPS) is 11.0. The van der Waals surface area contributed by atoms with Crippen molar-refractivity contribution in [2.24, 2.45) is 0 Å². The number of methoxy groups -OCH3 is 1. The number of hydrogen-bond acceptors (Lipinski definition) is 3. The van der Waals surface area contributed by atoms with Gasteiger partial charge < -0.3 is 4.74 Å². The third-order valence-corrected chi connectivity index (χ3v) is 4.16. The van der Waals surface area contributed by atoms with E-state index < -0.39 is 0 Å². The summed E-state index contributed by atoms with van der Waals surface area (Å²) in [5, 5.41) is 2.65. The van der Waals surface area contributed by atoms with Gasteiger partial charge in [0.15, 0.2) is 0 Å². The number of benzene rings is 2. The van der Waals surface area contributed by atoms with E-state index >= 15 is 0 Å². The van der Waals surface area contributed by atoms with Crippen LogP contribution in [0.2, 0.25) is 5.02 Å². The van der Waals surface area contributed by atoms with Crippen LogP contribution in [0.3, 0.4) is 0 Å². The van der Waals surface area contributed by atoms with Crippen LogP contribution >= 0.6 is 11.6 Å². The van der Waals surface area contributed by atoms with Gasteiger partial charge in [-0.1, -0.05) is 23.7 Å². The van der Waals surface area contributed by atoms with E-state index in [9.17, 15) is 0 Å². The van der Waals surface area contributed by atoms with Crippen LogP contribution < -0.4 is 4.74 Å². The first kappa shape index (κ1) is 14.0. The molecule has 0 unspecified atom stereocenters. The number of pyridine rings is 2. The van der Waals surface area contributed by atoms with E-state index in [0.29, 0.717) is 5.02 Å². The largest absolute Gasteiger partial charge is 0.497 e. The van der Waals surface area contributed by atoms with Crippen LogP contribution in [0.4, 0.5) is 0 Å². The molecule has 4 rings (SSSR count). The molecule has 0 aliphatic heterocycles. The van der Waals surface area contributed by atoms with Crippen molar-refractivity contribution in [1.29, 1.82) is 0 Å². The maximum Gasteiger partial charge on any atom is 0.119 e. The average molecular weight is 320 g/mol. The Morgan fingerprint density at radius 1 is 1.00 bits per heavy atom. The lowest BCUT2D eigenvalue weighted by molar-refractivity contribution is 0.415. The minimum atomic E-state index is 0.701. The first-order chi connectivity index (χ1) is 11.2. The van der Waals surface area contributed by atoms with Crippen molar-refractivity contribution < 1.29 is 4.74 Å². The standard InChI is InChI=1S/C19H12ClN2O/c1-23-15-3-5-18-13(9-15)8-14(11-22-18)12-2-4-16-17(20)6-7-21-19(16)10-12/h2-10H,1H3. The zero-order valence-electron chi connectivity index (χ0n) is 12.4. The fourth-order valence-corrected chi connectivity index (χ4v) is 2.83. The fourth-order valence-electron chi connectivity index (χ4n) is 2.61. The summed E-state index contributed by atoms with van der Waals surface area (Å²) in [7, 11) is 1.66. The van der Waals surface area contributed by atoms with E-state index in [1.165, 1.54) is 0 Å². The molecule has 0 aliphatic rings. The molecule has 4 heteroatoms. The molecule has 0 spiro atoms. The topological polar surface area (TPSA) is 35.0 Å². The Hall–Kier alpha value is -2.65. The number of ether oxygens (including phenoxy) is 1. The molecule has 0 aliphatic carbocycles. The van der Waals surface area contributed by atoms with Crippen LogP contribution in [-0.4, -0.2) is 17.1 Å². The van der Waals surface area contributed by atoms with Crippen molar-refractivity contribution in [1.82, 2.24) is 9.97 Å². The van der Waals surface area contributed by atoms with E-state index in [2.05, 4.69) is 22.2 Å². The smallest absolute Gasteiger partial charge is 0.119 e. The molecule has 4 aromatic rings. The van der Waals surface area contributed by atoms with Crippen molar-refractivity contribution in [3.8, 4) is 16.9 Å². The maximum atomic E-state index is 6.19. The molecular weight excluding hydrogens is 308 g/mol. The summed E-state index contributed by atoms with van der Waals surface area (Å²) in [6.45, 7) is 0. The van der Waals surface area contributed by atoms with Crippen LogP contribution in [0.25, 0.3) is 32.9 Å². The van der Waals surface area contributed by atoms with Gasteiger partial charge in [-0.25, -0.2) is 4.98 Å². The number of nitrogens with zero attached hydrogens (tertiary/aromatic N) is 2. The first-order valence-electron chi connectivity index (χ1n) is 7.16. The second-order valence-corrected chi connectivity index (χ2v) is 5.64. The molecule has 2 heterocycles. The molecule has 23 heavy (non-hydrogen) atoms. The average Bonchev–Trinajstić information content (AvgIpc) is 2.60. The molecule has 0 N–H and O–H groups in total. The number of hydrogen-bond donors (Lipinski definition) is 0. The van der Waals surface area contributed by atoms with Crippen LogP contribution in [0.15, 0.2) is 54.7 Å². The summed E-state index contributed by atoms with van der Waals surface area (Å²) in [5.74, 6) is 0.809.